The van der Waals surface area contributed by atoms with E-state index in [1.165, 1.54) is 12.8 Å². The Bertz CT molecular complexity index is 433. The molecule has 1 aromatic heterocycles. The zero-order valence-corrected chi connectivity index (χ0v) is 14.8. The molecule has 1 fully saturated rings. The summed E-state index contributed by atoms with van der Waals surface area (Å²) < 4.78 is 0.780. The van der Waals surface area contributed by atoms with Crippen LogP contribution in [0.3, 0.4) is 0 Å². The smallest absolute Gasteiger partial charge is 0.220 e. The van der Waals surface area contributed by atoms with E-state index in [0.717, 1.165) is 35.1 Å². The predicted octanol–water partition coefficient (Wildman–Crippen LogP) is 4.17. The summed E-state index contributed by atoms with van der Waals surface area (Å²) in [5.41, 5.74) is 0. The van der Waals surface area contributed by atoms with E-state index in [2.05, 4.69) is 17.6 Å². The van der Waals surface area contributed by atoms with E-state index in [1.807, 2.05) is 12.1 Å². The molecule has 1 aromatic rings. The Kier molecular flexibility index (Phi) is 8.64. The summed E-state index contributed by atoms with van der Waals surface area (Å²) in [4.78, 5) is 13.2. The average Bonchev–Trinajstić information content (AvgIpc) is 2.90. The number of amides is 1. The third-order valence-electron chi connectivity index (χ3n) is 3.92. The number of hydrogen-bond donors (Lipinski definition) is 2. The summed E-state index contributed by atoms with van der Waals surface area (Å²) in [5, 5.41) is 6.49. The number of nitrogens with one attached hydrogen (secondary N) is 2. The summed E-state index contributed by atoms with van der Waals surface area (Å²) in [6, 6.07) is 4.01. The molecule has 0 aliphatic carbocycles. The van der Waals surface area contributed by atoms with Crippen LogP contribution in [0.4, 0.5) is 0 Å². The van der Waals surface area contributed by atoms with Crippen molar-refractivity contribution in [2.75, 3.05) is 13.1 Å². The molecule has 0 radical (unpaired) electrons. The Morgan fingerprint density at radius 1 is 1.48 bits per heavy atom. The normalized spacial score (nSPS) is 17.0. The highest BCUT2D eigenvalue weighted by molar-refractivity contribution is 7.16. The molecular weight excluding hydrogens is 327 g/mol. The quantitative estimate of drug-likeness (QED) is 0.808. The van der Waals surface area contributed by atoms with Crippen molar-refractivity contribution in [3.05, 3.63) is 21.3 Å². The van der Waals surface area contributed by atoms with E-state index in [4.69, 9.17) is 11.6 Å². The van der Waals surface area contributed by atoms with Crippen LogP contribution in [0, 0.1) is 5.92 Å². The number of carbonyl (C=O) groups excluding carboxylic acids is 1. The van der Waals surface area contributed by atoms with Gasteiger partial charge in [0.1, 0.15) is 0 Å². The number of rotatable bonds is 6. The third kappa shape index (κ3) is 6.15. The minimum atomic E-state index is 0. The van der Waals surface area contributed by atoms with E-state index in [0.29, 0.717) is 12.3 Å². The van der Waals surface area contributed by atoms with Gasteiger partial charge in [0.25, 0.3) is 0 Å². The van der Waals surface area contributed by atoms with E-state index in [1.54, 1.807) is 11.3 Å². The lowest BCUT2D eigenvalue weighted by Gasteiger charge is -2.22. The van der Waals surface area contributed by atoms with Crippen molar-refractivity contribution in [3.63, 3.8) is 0 Å². The lowest BCUT2D eigenvalue weighted by Crippen LogP contribution is -2.30. The van der Waals surface area contributed by atoms with E-state index < -0.39 is 0 Å². The highest BCUT2D eigenvalue weighted by Crippen LogP contribution is 2.28. The van der Waals surface area contributed by atoms with Gasteiger partial charge in [0.05, 0.1) is 10.4 Å². The Morgan fingerprint density at radius 2 is 2.19 bits per heavy atom. The van der Waals surface area contributed by atoms with E-state index >= 15 is 0 Å². The van der Waals surface area contributed by atoms with Gasteiger partial charge >= 0.3 is 0 Å². The van der Waals surface area contributed by atoms with Gasteiger partial charge in [-0.2, -0.15) is 0 Å². The van der Waals surface area contributed by atoms with Gasteiger partial charge in [-0.25, -0.2) is 0 Å². The first-order valence-electron chi connectivity index (χ1n) is 7.44. The van der Waals surface area contributed by atoms with Crippen molar-refractivity contribution in [1.29, 1.82) is 0 Å². The standard InChI is InChI=1S/C15H23ClN2OS.ClH/c1-2-12(13-4-5-14(16)20-13)18-15(19)6-3-11-7-9-17-10-8-11;/h4-5,11-12,17H,2-3,6-10H2,1H3,(H,18,19);1H. The van der Waals surface area contributed by atoms with Crippen LogP contribution in [0.15, 0.2) is 12.1 Å². The van der Waals surface area contributed by atoms with Crippen LogP contribution >= 0.6 is 35.3 Å². The molecule has 3 nitrogen and oxygen atoms in total. The molecule has 1 unspecified atom stereocenters. The van der Waals surface area contributed by atoms with Crippen molar-refractivity contribution in [2.45, 2.75) is 45.1 Å². The van der Waals surface area contributed by atoms with Gasteiger partial charge in [-0.1, -0.05) is 18.5 Å². The topological polar surface area (TPSA) is 41.1 Å². The fourth-order valence-electron chi connectivity index (χ4n) is 2.66. The fraction of sp³-hybridized carbons (Fsp3) is 0.667. The SMILES string of the molecule is CCC(NC(=O)CCC1CCNCC1)c1ccc(Cl)s1.Cl. The number of thiophene rings is 1. The molecule has 1 atom stereocenters. The molecule has 0 aromatic carbocycles. The molecule has 1 aliphatic rings. The first-order valence-corrected chi connectivity index (χ1v) is 8.63. The third-order valence-corrected chi connectivity index (χ3v) is 5.26. The Hall–Kier alpha value is -0.290. The van der Waals surface area contributed by atoms with Gasteiger partial charge in [0, 0.05) is 11.3 Å². The van der Waals surface area contributed by atoms with Crippen molar-refractivity contribution in [3.8, 4) is 0 Å². The lowest BCUT2D eigenvalue weighted by molar-refractivity contribution is -0.122. The highest BCUT2D eigenvalue weighted by Gasteiger charge is 2.17. The number of piperidine rings is 1. The maximum atomic E-state index is 12.1. The number of carbonyl (C=O) groups is 1. The Morgan fingerprint density at radius 3 is 2.76 bits per heavy atom. The lowest BCUT2D eigenvalue weighted by atomic mass is 9.93. The molecular formula is C15H24Cl2N2OS. The van der Waals surface area contributed by atoms with Gasteiger partial charge in [0.15, 0.2) is 0 Å². The average molecular weight is 351 g/mol. The van der Waals surface area contributed by atoms with Crippen LogP contribution in [0.2, 0.25) is 4.34 Å². The minimum absolute atomic E-state index is 0. The molecule has 0 bridgehead atoms. The first kappa shape index (κ1) is 18.8. The molecule has 0 saturated carbocycles. The maximum absolute atomic E-state index is 12.1. The van der Waals surface area contributed by atoms with Gasteiger partial charge in [0.2, 0.25) is 5.91 Å². The first-order chi connectivity index (χ1) is 9.69. The number of halogens is 2. The summed E-state index contributed by atoms with van der Waals surface area (Å²) in [6.07, 6.45) is 4.95. The molecule has 0 spiro atoms. The summed E-state index contributed by atoms with van der Waals surface area (Å²) in [7, 11) is 0. The van der Waals surface area contributed by atoms with Crippen molar-refractivity contribution < 1.29 is 4.79 Å². The summed E-state index contributed by atoms with van der Waals surface area (Å²) >= 11 is 7.51. The van der Waals surface area contributed by atoms with E-state index in [9.17, 15) is 4.79 Å². The number of hydrogen-bond acceptors (Lipinski definition) is 3. The van der Waals surface area contributed by atoms with Crippen LogP contribution in [0.25, 0.3) is 0 Å². The second-order valence-corrected chi connectivity index (χ2v) is 7.15. The second-order valence-electron chi connectivity index (χ2n) is 5.40. The van der Waals surface area contributed by atoms with Crippen LogP contribution in [-0.2, 0) is 4.79 Å². The Labute approximate surface area is 142 Å². The molecule has 2 heterocycles. The fourth-order valence-corrected chi connectivity index (χ4v) is 3.86. The molecule has 2 N–H and O–H groups in total. The molecule has 120 valence electrons. The van der Waals surface area contributed by atoms with Crippen LogP contribution in [0.1, 0.15) is 49.9 Å². The minimum Gasteiger partial charge on any atom is -0.348 e. The van der Waals surface area contributed by atoms with Gasteiger partial charge in [-0.15, -0.1) is 23.7 Å². The molecule has 1 saturated heterocycles. The van der Waals surface area contributed by atoms with Crippen LogP contribution < -0.4 is 10.6 Å². The second kappa shape index (κ2) is 9.67. The van der Waals surface area contributed by atoms with Crippen molar-refractivity contribution >= 4 is 41.3 Å². The molecule has 6 heteroatoms. The Balaban J connectivity index is 0.00000220. The predicted molar refractivity (Wildman–Crippen MR) is 92.6 cm³/mol. The largest absolute Gasteiger partial charge is 0.348 e. The summed E-state index contributed by atoms with van der Waals surface area (Å²) in [6.45, 7) is 4.28. The molecule has 1 aliphatic heterocycles. The molecule has 1 amide bonds. The molecule has 21 heavy (non-hydrogen) atoms. The van der Waals surface area contributed by atoms with Gasteiger partial charge in [-0.3, -0.25) is 4.79 Å². The summed E-state index contributed by atoms with van der Waals surface area (Å²) in [5.74, 6) is 0.873. The zero-order valence-electron chi connectivity index (χ0n) is 12.4. The monoisotopic (exact) mass is 350 g/mol. The van der Waals surface area contributed by atoms with Gasteiger partial charge < -0.3 is 10.6 Å². The zero-order chi connectivity index (χ0) is 14.4. The van der Waals surface area contributed by atoms with Gasteiger partial charge in [-0.05, 0) is 56.8 Å². The van der Waals surface area contributed by atoms with Crippen LogP contribution in [0.5, 0.6) is 0 Å². The molecule has 2 rings (SSSR count). The van der Waals surface area contributed by atoms with E-state index in [-0.39, 0.29) is 24.4 Å². The highest BCUT2D eigenvalue weighted by atomic mass is 35.5. The van der Waals surface area contributed by atoms with Crippen LogP contribution in [-0.4, -0.2) is 19.0 Å². The maximum Gasteiger partial charge on any atom is 0.220 e. The van der Waals surface area contributed by atoms with Crippen molar-refractivity contribution in [1.82, 2.24) is 10.6 Å². The van der Waals surface area contributed by atoms with Crippen molar-refractivity contribution in [2.24, 2.45) is 5.92 Å².